The maximum absolute atomic E-state index is 10.8. The standard InChI is InChI=1S/C11H21NO2/c1-3-7-12-11(4-2,8-10(13)14)9-5-6-9/h9,12H,3-8H2,1-2H3,(H,13,14). The second kappa shape index (κ2) is 4.78. The predicted molar refractivity (Wildman–Crippen MR) is 56.3 cm³/mol. The van der Waals surface area contributed by atoms with Gasteiger partial charge in [0, 0.05) is 5.54 Å². The highest BCUT2D eigenvalue weighted by molar-refractivity contribution is 5.68. The van der Waals surface area contributed by atoms with E-state index in [9.17, 15) is 4.79 Å². The highest BCUT2D eigenvalue weighted by Crippen LogP contribution is 2.43. The van der Waals surface area contributed by atoms with E-state index < -0.39 is 5.97 Å². The maximum atomic E-state index is 10.8. The molecular formula is C11H21NO2. The quantitative estimate of drug-likeness (QED) is 0.659. The summed E-state index contributed by atoms with van der Waals surface area (Å²) < 4.78 is 0. The van der Waals surface area contributed by atoms with E-state index in [0.717, 1.165) is 19.4 Å². The molecule has 82 valence electrons. The van der Waals surface area contributed by atoms with Crippen LogP contribution in [0.1, 0.15) is 46.0 Å². The lowest BCUT2D eigenvalue weighted by molar-refractivity contribution is -0.139. The molecule has 0 aliphatic heterocycles. The fourth-order valence-electron chi connectivity index (χ4n) is 2.17. The molecule has 0 aromatic carbocycles. The molecule has 0 saturated heterocycles. The van der Waals surface area contributed by atoms with E-state index in [4.69, 9.17) is 5.11 Å². The fraction of sp³-hybridized carbons (Fsp3) is 0.909. The van der Waals surface area contributed by atoms with Crippen LogP contribution in [0.15, 0.2) is 0 Å². The Kier molecular flexibility index (Phi) is 3.93. The topological polar surface area (TPSA) is 49.3 Å². The Labute approximate surface area is 85.9 Å². The summed E-state index contributed by atoms with van der Waals surface area (Å²) >= 11 is 0. The maximum Gasteiger partial charge on any atom is 0.305 e. The molecule has 0 amide bonds. The van der Waals surface area contributed by atoms with Gasteiger partial charge in [-0.1, -0.05) is 13.8 Å². The van der Waals surface area contributed by atoms with Crippen LogP contribution in [0.5, 0.6) is 0 Å². The lowest BCUT2D eigenvalue weighted by Crippen LogP contribution is -2.48. The van der Waals surface area contributed by atoms with E-state index >= 15 is 0 Å². The lowest BCUT2D eigenvalue weighted by Gasteiger charge is -2.33. The molecule has 1 saturated carbocycles. The van der Waals surface area contributed by atoms with Gasteiger partial charge in [-0.25, -0.2) is 0 Å². The average molecular weight is 199 g/mol. The van der Waals surface area contributed by atoms with E-state index in [1.165, 1.54) is 12.8 Å². The first-order valence-corrected chi connectivity index (χ1v) is 5.61. The number of rotatable bonds is 7. The zero-order valence-electron chi connectivity index (χ0n) is 9.18. The average Bonchev–Trinajstić information content (AvgIpc) is 2.95. The smallest absolute Gasteiger partial charge is 0.305 e. The van der Waals surface area contributed by atoms with E-state index in [1.54, 1.807) is 0 Å². The number of carbonyl (C=O) groups is 1. The second-order valence-corrected chi connectivity index (χ2v) is 4.28. The van der Waals surface area contributed by atoms with Gasteiger partial charge in [0.15, 0.2) is 0 Å². The van der Waals surface area contributed by atoms with Crippen LogP contribution in [-0.2, 0) is 4.79 Å². The molecule has 0 radical (unpaired) electrons. The monoisotopic (exact) mass is 199 g/mol. The number of hydrogen-bond donors (Lipinski definition) is 2. The SMILES string of the molecule is CCCNC(CC)(CC(=O)O)C1CC1. The van der Waals surface area contributed by atoms with Crippen molar-refractivity contribution in [3.8, 4) is 0 Å². The first-order chi connectivity index (χ1) is 6.64. The Morgan fingerprint density at radius 2 is 2.14 bits per heavy atom. The number of carboxylic acid groups (broad SMARTS) is 1. The van der Waals surface area contributed by atoms with Gasteiger partial charge in [0.2, 0.25) is 0 Å². The van der Waals surface area contributed by atoms with Crippen molar-refractivity contribution in [3.63, 3.8) is 0 Å². The van der Waals surface area contributed by atoms with E-state index in [-0.39, 0.29) is 12.0 Å². The van der Waals surface area contributed by atoms with Crippen LogP contribution in [0.2, 0.25) is 0 Å². The molecular weight excluding hydrogens is 178 g/mol. The van der Waals surface area contributed by atoms with Crippen LogP contribution in [0.4, 0.5) is 0 Å². The van der Waals surface area contributed by atoms with Crippen molar-refractivity contribution >= 4 is 5.97 Å². The van der Waals surface area contributed by atoms with Crippen molar-refractivity contribution < 1.29 is 9.90 Å². The van der Waals surface area contributed by atoms with E-state index in [1.807, 2.05) is 0 Å². The van der Waals surface area contributed by atoms with Crippen LogP contribution < -0.4 is 5.32 Å². The molecule has 1 aliphatic carbocycles. The van der Waals surface area contributed by atoms with Gasteiger partial charge in [-0.15, -0.1) is 0 Å². The largest absolute Gasteiger partial charge is 0.481 e. The summed E-state index contributed by atoms with van der Waals surface area (Å²) in [6, 6.07) is 0. The summed E-state index contributed by atoms with van der Waals surface area (Å²) in [7, 11) is 0. The summed E-state index contributed by atoms with van der Waals surface area (Å²) in [6.45, 7) is 5.13. The molecule has 3 nitrogen and oxygen atoms in total. The minimum atomic E-state index is -0.678. The lowest BCUT2D eigenvalue weighted by atomic mass is 9.86. The van der Waals surface area contributed by atoms with Crippen molar-refractivity contribution in [3.05, 3.63) is 0 Å². The van der Waals surface area contributed by atoms with Gasteiger partial charge in [-0.05, 0) is 38.1 Å². The Morgan fingerprint density at radius 1 is 1.50 bits per heavy atom. The molecule has 1 aliphatic rings. The van der Waals surface area contributed by atoms with Crippen LogP contribution in [0, 0.1) is 5.92 Å². The van der Waals surface area contributed by atoms with E-state index in [2.05, 4.69) is 19.2 Å². The Hall–Kier alpha value is -0.570. The molecule has 1 fully saturated rings. The third kappa shape index (κ3) is 2.71. The second-order valence-electron chi connectivity index (χ2n) is 4.28. The molecule has 14 heavy (non-hydrogen) atoms. The summed E-state index contributed by atoms with van der Waals surface area (Å²) in [5.74, 6) is -0.0856. The van der Waals surface area contributed by atoms with Crippen molar-refractivity contribution in [2.75, 3.05) is 6.54 Å². The first kappa shape index (κ1) is 11.5. The minimum absolute atomic E-state index is 0.123. The van der Waals surface area contributed by atoms with Gasteiger partial charge in [0.1, 0.15) is 0 Å². The molecule has 1 unspecified atom stereocenters. The molecule has 1 atom stereocenters. The molecule has 0 aromatic heterocycles. The normalized spacial score (nSPS) is 20.4. The van der Waals surface area contributed by atoms with Gasteiger partial charge in [0.05, 0.1) is 6.42 Å². The Morgan fingerprint density at radius 3 is 2.50 bits per heavy atom. The van der Waals surface area contributed by atoms with Crippen molar-refractivity contribution in [2.24, 2.45) is 5.92 Å². The summed E-state index contributed by atoms with van der Waals surface area (Å²) in [5.41, 5.74) is -0.123. The van der Waals surface area contributed by atoms with Gasteiger partial charge < -0.3 is 10.4 Å². The molecule has 0 bridgehead atoms. The van der Waals surface area contributed by atoms with E-state index in [0.29, 0.717) is 5.92 Å². The van der Waals surface area contributed by atoms with Gasteiger partial charge in [-0.2, -0.15) is 0 Å². The van der Waals surface area contributed by atoms with Crippen LogP contribution >= 0.6 is 0 Å². The molecule has 2 N–H and O–H groups in total. The first-order valence-electron chi connectivity index (χ1n) is 5.61. The molecule has 1 rings (SSSR count). The molecule has 0 heterocycles. The summed E-state index contributed by atoms with van der Waals surface area (Å²) in [4.78, 5) is 10.8. The Bertz CT molecular complexity index is 201. The van der Waals surface area contributed by atoms with Crippen LogP contribution in [-0.4, -0.2) is 23.2 Å². The van der Waals surface area contributed by atoms with Crippen LogP contribution in [0.3, 0.4) is 0 Å². The van der Waals surface area contributed by atoms with Gasteiger partial charge in [-0.3, -0.25) is 4.79 Å². The summed E-state index contributed by atoms with van der Waals surface area (Å²) in [6.07, 6.45) is 4.64. The number of carboxylic acids is 1. The predicted octanol–water partition coefficient (Wildman–Crippen LogP) is 2.02. The zero-order chi connectivity index (χ0) is 10.6. The third-order valence-corrected chi connectivity index (χ3v) is 3.18. The van der Waals surface area contributed by atoms with Gasteiger partial charge >= 0.3 is 5.97 Å². The zero-order valence-corrected chi connectivity index (χ0v) is 9.18. The molecule has 0 spiro atoms. The Balaban J connectivity index is 2.59. The van der Waals surface area contributed by atoms with Crippen LogP contribution in [0.25, 0.3) is 0 Å². The number of nitrogens with one attached hydrogen (secondary N) is 1. The van der Waals surface area contributed by atoms with Crippen molar-refractivity contribution in [2.45, 2.75) is 51.5 Å². The number of aliphatic carboxylic acids is 1. The fourth-order valence-corrected chi connectivity index (χ4v) is 2.17. The third-order valence-electron chi connectivity index (χ3n) is 3.18. The number of hydrogen-bond acceptors (Lipinski definition) is 2. The highest BCUT2D eigenvalue weighted by Gasteiger charge is 2.44. The molecule has 3 heteroatoms. The van der Waals surface area contributed by atoms with Crippen molar-refractivity contribution in [1.29, 1.82) is 0 Å². The van der Waals surface area contributed by atoms with Gasteiger partial charge in [0.25, 0.3) is 0 Å². The minimum Gasteiger partial charge on any atom is -0.481 e. The van der Waals surface area contributed by atoms with Crippen molar-refractivity contribution in [1.82, 2.24) is 5.32 Å². The molecule has 0 aromatic rings. The highest BCUT2D eigenvalue weighted by atomic mass is 16.4. The summed E-state index contributed by atoms with van der Waals surface area (Å²) in [5, 5.41) is 12.4.